The number of halogens is 1. The van der Waals surface area contributed by atoms with Gasteiger partial charge >= 0.3 is 0 Å². The summed E-state index contributed by atoms with van der Waals surface area (Å²) in [5.41, 5.74) is 1.08. The van der Waals surface area contributed by atoms with Crippen molar-refractivity contribution in [2.45, 2.75) is 26.8 Å². The summed E-state index contributed by atoms with van der Waals surface area (Å²) in [6.45, 7) is 5.45. The first kappa shape index (κ1) is 12.3. The molecule has 1 rings (SSSR count). The molecular formula is C9H18ClN3. The molecule has 3 nitrogen and oxygen atoms in total. The van der Waals surface area contributed by atoms with Crippen molar-refractivity contribution < 1.29 is 0 Å². The van der Waals surface area contributed by atoms with Gasteiger partial charge in [0.25, 0.3) is 0 Å². The van der Waals surface area contributed by atoms with E-state index in [9.17, 15) is 0 Å². The molecule has 1 atom stereocenters. The highest BCUT2D eigenvalue weighted by atomic mass is 35.5. The van der Waals surface area contributed by atoms with E-state index in [2.05, 4.69) is 24.3 Å². The molecule has 0 radical (unpaired) electrons. The Morgan fingerprint density at radius 1 is 1.62 bits per heavy atom. The molecule has 0 aliphatic heterocycles. The summed E-state index contributed by atoms with van der Waals surface area (Å²) in [5, 5.41) is 7.28. The number of nitrogens with one attached hydrogen (secondary N) is 1. The van der Waals surface area contributed by atoms with Gasteiger partial charge in [-0.25, -0.2) is 0 Å². The number of nitrogens with zero attached hydrogens (tertiary/aromatic N) is 2. The molecule has 0 aliphatic rings. The van der Waals surface area contributed by atoms with Gasteiger partial charge in [0, 0.05) is 19.8 Å². The summed E-state index contributed by atoms with van der Waals surface area (Å²) in [7, 11) is 1.91. The molecule has 4 heteroatoms. The Labute approximate surface area is 85.9 Å². The Hall–Kier alpha value is -0.700. The zero-order valence-electron chi connectivity index (χ0n) is 8.45. The first-order valence-electron chi connectivity index (χ1n) is 4.46. The Bertz CT molecular complexity index is 235. The average molecular weight is 204 g/mol. The Kier molecular flexibility index (Phi) is 5.55. The Morgan fingerprint density at radius 2 is 2.31 bits per heavy atom. The minimum atomic E-state index is 0. The second-order valence-corrected chi connectivity index (χ2v) is 3.21. The number of hydrogen-bond donors (Lipinski definition) is 1. The maximum Gasteiger partial charge on any atom is 0.0723 e. The molecule has 0 amide bonds. The standard InChI is InChI=1S/C9H17N3.ClH/c1-4-8(2)6-12-7-9(10-3)5-11-12;/h5,7-8,10H,4,6H2,1-3H3;1H/t8-;/m0./s1. The molecule has 0 spiro atoms. The van der Waals surface area contributed by atoms with E-state index in [4.69, 9.17) is 0 Å². The second-order valence-electron chi connectivity index (χ2n) is 3.21. The fraction of sp³-hybridized carbons (Fsp3) is 0.667. The third-order valence-corrected chi connectivity index (χ3v) is 2.12. The third kappa shape index (κ3) is 3.68. The van der Waals surface area contributed by atoms with Gasteiger partial charge in [0.15, 0.2) is 0 Å². The topological polar surface area (TPSA) is 29.9 Å². The highest BCUT2D eigenvalue weighted by molar-refractivity contribution is 5.85. The van der Waals surface area contributed by atoms with Crippen LogP contribution in [-0.4, -0.2) is 16.8 Å². The van der Waals surface area contributed by atoms with Gasteiger partial charge in [0.2, 0.25) is 0 Å². The van der Waals surface area contributed by atoms with Crippen LogP contribution in [0.2, 0.25) is 0 Å². The Balaban J connectivity index is 0.00000144. The van der Waals surface area contributed by atoms with Gasteiger partial charge < -0.3 is 5.32 Å². The van der Waals surface area contributed by atoms with Crippen LogP contribution in [0.4, 0.5) is 5.69 Å². The minimum Gasteiger partial charge on any atom is -0.386 e. The predicted molar refractivity (Wildman–Crippen MR) is 58.5 cm³/mol. The molecule has 1 aromatic heterocycles. The lowest BCUT2D eigenvalue weighted by molar-refractivity contribution is 0.439. The van der Waals surface area contributed by atoms with Crippen molar-refractivity contribution in [3.63, 3.8) is 0 Å². The lowest BCUT2D eigenvalue weighted by Gasteiger charge is -2.07. The summed E-state index contributed by atoms with van der Waals surface area (Å²) in [6, 6.07) is 0. The molecule has 0 unspecified atom stereocenters. The number of aromatic nitrogens is 2. The van der Waals surface area contributed by atoms with E-state index >= 15 is 0 Å². The van der Waals surface area contributed by atoms with Crippen LogP contribution in [0.1, 0.15) is 20.3 Å². The first-order valence-corrected chi connectivity index (χ1v) is 4.46. The van der Waals surface area contributed by atoms with Crippen LogP contribution in [0, 0.1) is 5.92 Å². The molecule has 0 aliphatic carbocycles. The highest BCUT2D eigenvalue weighted by Crippen LogP contribution is 2.07. The highest BCUT2D eigenvalue weighted by Gasteiger charge is 2.01. The van der Waals surface area contributed by atoms with Gasteiger partial charge in [-0.05, 0) is 5.92 Å². The SMILES string of the molecule is CC[C@H](C)Cn1cc(NC)cn1.Cl. The smallest absolute Gasteiger partial charge is 0.0723 e. The number of hydrogen-bond acceptors (Lipinski definition) is 2. The predicted octanol–water partition coefficient (Wildman–Crippen LogP) is 2.39. The van der Waals surface area contributed by atoms with Gasteiger partial charge in [0.1, 0.15) is 0 Å². The number of rotatable bonds is 4. The van der Waals surface area contributed by atoms with E-state index in [0.717, 1.165) is 12.2 Å². The molecule has 1 heterocycles. The van der Waals surface area contributed by atoms with Crippen LogP contribution in [-0.2, 0) is 6.54 Å². The Morgan fingerprint density at radius 3 is 2.77 bits per heavy atom. The van der Waals surface area contributed by atoms with Crippen LogP contribution in [0.15, 0.2) is 12.4 Å². The maximum atomic E-state index is 4.23. The molecule has 0 bridgehead atoms. The van der Waals surface area contributed by atoms with Crippen LogP contribution < -0.4 is 5.32 Å². The monoisotopic (exact) mass is 203 g/mol. The van der Waals surface area contributed by atoms with Gasteiger partial charge in [-0.1, -0.05) is 20.3 Å². The van der Waals surface area contributed by atoms with Crippen molar-refractivity contribution in [1.82, 2.24) is 9.78 Å². The first-order chi connectivity index (χ1) is 5.76. The van der Waals surface area contributed by atoms with Gasteiger partial charge in [0.05, 0.1) is 11.9 Å². The van der Waals surface area contributed by atoms with Crippen molar-refractivity contribution in [2.75, 3.05) is 12.4 Å². The zero-order valence-corrected chi connectivity index (χ0v) is 9.27. The number of anilines is 1. The lowest BCUT2D eigenvalue weighted by Crippen LogP contribution is -2.06. The molecule has 0 fully saturated rings. The molecule has 1 N–H and O–H groups in total. The summed E-state index contributed by atoms with van der Waals surface area (Å²) >= 11 is 0. The summed E-state index contributed by atoms with van der Waals surface area (Å²) in [4.78, 5) is 0. The van der Waals surface area contributed by atoms with Gasteiger partial charge in [-0.2, -0.15) is 5.10 Å². The van der Waals surface area contributed by atoms with Crippen molar-refractivity contribution in [2.24, 2.45) is 5.92 Å². The van der Waals surface area contributed by atoms with E-state index in [1.165, 1.54) is 6.42 Å². The summed E-state index contributed by atoms with van der Waals surface area (Å²) in [5.74, 6) is 0.703. The molecule has 1 aromatic rings. The molecule has 0 saturated heterocycles. The van der Waals surface area contributed by atoms with E-state index in [0.29, 0.717) is 5.92 Å². The van der Waals surface area contributed by atoms with Crippen molar-refractivity contribution >= 4 is 18.1 Å². The van der Waals surface area contributed by atoms with Crippen LogP contribution >= 0.6 is 12.4 Å². The fourth-order valence-electron chi connectivity index (χ4n) is 1.04. The summed E-state index contributed by atoms with van der Waals surface area (Å²) in [6.07, 6.45) is 5.09. The maximum absolute atomic E-state index is 4.23. The molecule has 13 heavy (non-hydrogen) atoms. The quantitative estimate of drug-likeness (QED) is 0.815. The van der Waals surface area contributed by atoms with E-state index in [1.54, 1.807) is 0 Å². The van der Waals surface area contributed by atoms with Crippen molar-refractivity contribution in [3.05, 3.63) is 12.4 Å². The van der Waals surface area contributed by atoms with E-state index in [1.807, 2.05) is 24.1 Å². The van der Waals surface area contributed by atoms with Gasteiger partial charge in [-0.3, -0.25) is 4.68 Å². The molecular weight excluding hydrogens is 186 g/mol. The second kappa shape index (κ2) is 5.86. The normalized spacial score (nSPS) is 11.9. The van der Waals surface area contributed by atoms with Crippen LogP contribution in [0.5, 0.6) is 0 Å². The molecule has 0 saturated carbocycles. The van der Waals surface area contributed by atoms with E-state index in [-0.39, 0.29) is 12.4 Å². The van der Waals surface area contributed by atoms with Crippen LogP contribution in [0.3, 0.4) is 0 Å². The van der Waals surface area contributed by atoms with Crippen LogP contribution in [0.25, 0.3) is 0 Å². The van der Waals surface area contributed by atoms with Crippen molar-refractivity contribution in [1.29, 1.82) is 0 Å². The summed E-state index contributed by atoms with van der Waals surface area (Å²) < 4.78 is 1.99. The fourth-order valence-corrected chi connectivity index (χ4v) is 1.04. The van der Waals surface area contributed by atoms with E-state index < -0.39 is 0 Å². The third-order valence-electron chi connectivity index (χ3n) is 2.12. The molecule has 76 valence electrons. The van der Waals surface area contributed by atoms with Crippen molar-refractivity contribution in [3.8, 4) is 0 Å². The largest absolute Gasteiger partial charge is 0.386 e. The minimum absolute atomic E-state index is 0. The lowest BCUT2D eigenvalue weighted by atomic mass is 10.1. The molecule has 0 aromatic carbocycles. The average Bonchev–Trinajstić information content (AvgIpc) is 2.52. The zero-order chi connectivity index (χ0) is 8.97. The van der Waals surface area contributed by atoms with Gasteiger partial charge in [-0.15, -0.1) is 12.4 Å².